The molecule has 5 atom stereocenters. The van der Waals surface area contributed by atoms with Crippen molar-refractivity contribution in [1.82, 2.24) is 0 Å². The second kappa shape index (κ2) is 72.4. The fourth-order valence-corrected chi connectivity index (χ4v) is 10.6. The lowest BCUT2D eigenvalue weighted by atomic mass is 10.1. The number of aliphatic hydroxyl groups excluding tert-OH is 2. The van der Waals surface area contributed by atoms with Crippen molar-refractivity contribution in [2.45, 2.75) is 270 Å². The largest absolute Gasteiger partial charge is 0.472 e. The minimum atomic E-state index is -4.95. The van der Waals surface area contributed by atoms with Gasteiger partial charge in [0.15, 0.2) is 6.10 Å². The summed E-state index contributed by atoms with van der Waals surface area (Å²) in [6, 6.07) is 0. The van der Waals surface area contributed by atoms with E-state index in [9.17, 15) is 43.5 Å². The Kier molecular flexibility index (Phi) is 68.5. The molecule has 0 aliphatic carbocycles. The lowest BCUT2D eigenvalue weighted by molar-refractivity contribution is -0.161. The molecule has 0 bridgehead atoms. The third-order valence-corrected chi connectivity index (χ3v) is 16.5. The maximum Gasteiger partial charge on any atom is 0.472 e. The van der Waals surface area contributed by atoms with Crippen molar-refractivity contribution in [1.29, 1.82) is 0 Å². The van der Waals surface area contributed by atoms with Crippen LogP contribution in [-0.2, 0) is 55.8 Å². The second-order valence-electron chi connectivity index (χ2n) is 23.9. The van der Waals surface area contributed by atoms with Crippen LogP contribution in [-0.4, -0.2) is 95.9 Å². The van der Waals surface area contributed by atoms with Gasteiger partial charge in [-0.15, -0.1) is 0 Å². The number of hydrogen-bond donors (Lipinski definition) is 4. The highest BCUT2D eigenvalue weighted by atomic mass is 31.2. The van der Waals surface area contributed by atoms with Gasteiger partial charge in [-0.3, -0.25) is 32.5 Å². The van der Waals surface area contributed by atoms with E-state index < -0.39 is 91.5 Å². The third kappa shape index (κ3) is 73.7. The van der Waals surface area contributed by atoms with Crippen LogP contribution in [0.15, 0.2) is 182 Å². The highest BCUT2D eigenvalue weighted by Gasteiger charge is 2.29. The molecular formula is C81H130O16P2. The number of carbonyl (C=O) groups is 3. The highest BCUT2D eigenvalue weighted by molar-refractivity contribution is 7.47. The molecule has 0 fully saturated rings. The van der Waals surface area contributed by atoms with Gasteiger partial charge in [0.05, 0.1) is 26.4 Å². The monoisotopic (exact) mass is 1420 g/mol. The topological polar surface area (TPSA) is 231 Å². The number of unbranched alkanes of at least 4 members (excludes halogenated alkanes) is 15. The molecule has 16 nitrogen and oxygen atoms in total. The number of carbonyl (C=O) groups excluding carboxylic acids is 3. The van der Waals surface area contributed by atoms with Gasteiger partial charge < -0.3 is 34.2 Å². The molecule has 0 amide bonds. The molecule has 0 rings (SSSR count). The molecule has 18 heteroatoms. The lowest BCUT2D eigenvalue weighted by Crippen LogP contribution is -2.30. The van der Waals surface area contributed by atoms with Gasteiger partial charge in [0.2, 0.25) is 0 Å². The normalized spacial score (nSPS) is 15.1. The van der Waals surface area contributed by atoms with E-state index in [0.717, 1.165) is 193 Å². The van der Waals surface area contributed by atoms with Gasteiger partial charge in [0.1, 0.15) is 25.4 Å². The van der Waals surface area contributed by atoms with Crippen molar-refractivity contribution in [2.75, 3.05) is 39.6 Å². The standard InChI is InChI=1S/C81H130O16P2/c1-4-7-10-13-16-19-22-25-28-31-33-35-36-37-38-40-42-44-46-49-52-55-58-61-64-67-79(84)91-70-76(82)71-93-98(87,88)94-72-77(83)73-95-99(89,90)96-75-78(97-81(86)69-66-63-60-57-54-51-48-43-30-27-24-21-18-15-12-9-6-3)74-92-80(85)68-65-62-59-56-53-50-47-45-41-39-34-32-29-26-23-20-17-14-11-8-5-2/h7-12,16-21,25-30,33-35,37-39,42,44-45,47,53,56,76-78,82-83H,4-6,13-15,22-24,31-32,36,40-41,43,46,48-52,54-55,57-75H2,1-3H3,(H,87,88)(H,89,90)/b10-7-,11-8-,12-9-,19-16-,20-17-,21-18-,28-25-,29-26-,30-27-,35-33-,38-37-,39-34-,44-42-,47-45-,56-53-. The fourth-order valence-electron chi connectivity index (χ4n) is 9.06. The Bertz CT molecular complexity index is 2530. The first-order valence-electron chi connectivity index (χ1n) is 37.1. The predicted molar refractivity (Wildman–Crippen MR) is 408 cm³/mol. The quantitative estimate of drug-likeness (QED) is 0.0146. The molecule has 0 heterocycles. The number of allylic oxidation sites excluding steroid dienone is 30. The first-order valence-corrected chi connectivity index (χ1v) is 40.1. The van der Waals surface area contributed by atoms with Gasteiger partial charge in [-0.1, -0.05) is 261 Å². The van der Waals surface area contributed by atoms with Crippen LogP contribution in [0.1, 0.15) is 252 Å². The van der Waals surface area contributed by atoms with Crippen molar-refractivity contribution in [2.24, 2.45) is 0 Å². The number of hydrogen-bond acceptors (Lipinski definition) is 14. The van der Waals surface area contributed by atoms with Crippen LogP contribution in [0.2, 0.25) is 0 Å². The molecule has 0 saturated carbocycles. The van der Waals surface area contributed by atoms with E-state index in [1.54, 1.807) is 0 Å². The zero-order chi connectivity index (χ0) is 72.3. The average Bonchev–Trinajstić information content (AvgIpc) is 2.07. The Hall–Kier alpha value is -5.35. The van der Waals surface area contributed by atoms with Crippen LogP contribution < -0.4 is 0 Å². The molecule has 0 radical (unpaired) electrons. The van der Waals surface area contributed by atoms with E-state index in [4.69, 9.17) is 32.3 Å². The molecule has 4 N–H and O–H groups in total. The van der Waals surface area contributed by atoms with E-state index in [1.807, 2.05) is 0 Å². The SMILES string of the molecule is CC/C=C\C/C=C\C/C=C\C/C=C\C/C=C\C/C=C\CCCCCCCCC(=O)OCC(O)COP(=O)(O)OCC(O)COP(=O)(O)OCC(COC(=O)CCCC/C=C\C/C=C\C/C=C\C/C=C\C/C=C\C/C=C\CC)OC(=O)CCCCCCCCC/C=C\C/C=C\C/C=C\CC. The van der Waals surface area contributed by atoms with E-state index in [1.165, 1.54) is 0 Å². The molecule has 0 aromatic heterocycles. The molecule has 0 aliphatic rings. The van der Waals surface area contributed by atoms with Gasteiger partial charge >= 0.3 is 33.6 Å². The smallest absolute Gasteiger partial charge is 0.463 e. The Morgan fingerprint density at radius 3 is 0.818 bits per heavy atom. The average molecular weight is 1420 g/mol. The van der Waals surface area contributed by atoms with Crippen molar-refractivity contribution in [3.63, 3.8) is 0 Å². The Morgan fingerprint density at radius 1 is 0.283 bits per heavy atom. The molecule has 0 aromatic carbocycles. The van der Waals surface area contributed by atoms with E-state index >= 15 is 0 Å². The van der Waals surface area contributed by atoms with Gasteiger partial charge in [0.25, 0.3) is 0 Å². The number of ether oxygens (including phenoxy) is 3. The zero-order valence-electron chi connectivity index (χ0n) is 60.8. The minimum absolute atomic E-state index is 0.0757. The lowest BCUT2D eigenvalue weighted by Gasteiger charge is -2.21. The Balaban J connectivity index is 4.73. The molecule has 0 aliphatic heterocycles. The second-order valence-corrected chi connectivity index (χ2v) is 26.9. The summed E-state index contributed by atoms with van der Waals surface area (Å²) in [5, 5.41) is 20.6. The summed E-state index contributed by atoms with van der Waals surface area (Å²) in [5.74, 6) is -1.67. The van der Waals surface area contributed by atoms with Crippen molar-refractivity contribution < 1.29 is 75.8 Å². The van der Waals surface area contributed by atoms with Crippen molar-refractivity contribution in [3.05, 3.63) is 182 Å². The molecule has 99 heavy (non-hydrogen) atoms. The summed E-state index contributed by atoms with van der Waals surface area (Å²) in [5.41, 5.74) is 0. The third-order valence-electron chi connectivity index (χ3n) is 14.6. The molecular weight excluding hydrogens is 1290 g/mol. The Morgan fingerprint density at radius 2 is 0.505 bits per heavy atom. The molecule has 0 spiro atoms. The van der Waals surface area contributed by atoms with Gasteiger partial charge in [0, 0.05) is 19.3 Å². The highest BCUT2D eigenvalue weighted by Crippen LogP contribution is 2.45. The van der Waals surface area contributed by atoms with Crippen molar-refractivity contribution >= 4 is 33.6 Å². The van der Waals surface area contributed by atoms with E-state index in [2.05, 4.69) is 203 Å². The fraction of sp³-hybridized carbons (Fsp3) is 0.593. The number of phosphoric acid groups is 2. The summed E-state index contributed by atoms with van der Waals surface area (Å²) in [4.78, 5) is 58.6. The summed E-state index contributed by atoms with van der Waals surface area (Å²) in [6.07, 6.45) is 92.2. The molecule has 0 saturated heterocycles. The van der Waals surface area contributed by atoms with Crippen LogP contribution in [0.5, 0.6) is 0 Å². The summed E-state index contributed by atoms with van der Waals surface area (Å²) in [7, 11) is -9.82. The van der Waals surface area contributed by atoms with Gasteiger partial charge in [-0.2, -0.15) is 0 Å². The zero-order valence-corrected chi connectivity index (χ0v) is 62.6. The maximum atomic E-state index is 13.0. The van der Waals surface area contributed by atoms with Crippen LogP contribution in [0.25, 0.3) is 0 Å². The summed E-state index contributed by atoms with van der Waals surface area (Å²) in [6.45, 7) is 2.23. The number of esters is 3. The molecule has 5 unspecified atom stereocenters. The van der Waals surface area contributed by atoms with E-state index in [0.29, 0.717) is 19.3 Å². The van der Waals surface area contributed by atoms with E-state index in [-0.39, 0.29) is 19.3 Å². The minimum Gasteiger partial charge on any atom is -0.463 e. The predicted octanol–water partition coefficient (Wildman–Crippen LogP) is 21.4. The molecule has 560 valence electrons. The van der Waals surface area contributed by atoms with Crippen LogP contribution >= 0.6 is 15.6 Å². The number of rotatable bonds is 68. The van der Waals surface area contributed by atoms with Crippen LogP contribution in [0, 0.1) is 0 Å². The number of aliphatic hydroxyl groups is 2. The van der Waals surface area contributed by atoms with Crippen LogP contribution in [0.3, 0.4) is 0 Å². The first kappa shape index (κ1) is 93.6. The van der Waals surface area contributed by atoms with Crippen LogP contribution in [0.4, 0.5) is 0 Å². The first-order chi connectivity index (χ1) is 48.2. The maximum absolute atomic E-state index is 13.0. The molecule has 0 aromatic rings. The summed E-state index contributed by atoms with van der Waals surface area (Å²) >= 11 is 0. The van der Waals surface area contributed by atoms with Crippen molar-refractivity contribution in [3.8, 4) is 0 Å². The van der Waals surface area contributed by atoms with Gasteiger partial charge in [-0.05, 0) is 154 Å². The summed E-state index contributed by atoms with van der Waals surface area (Å²) < 4.78 is 61.0. The van der Waals surface area contributed by atoms with Gasteiger partial charge in [-0.25, -0.2) is 9.13 Å². The Labute approximate surface area is 598 Å². The number of phosphoric ester groups is 2.